The van der Waals surface area contributed by atoms with Crippen LogP contribution < -0.4 is 15.5 Å². The van der Waals surface area contributed by atoms with E-state index < -0.39 is 9.73 Å². The highest BCUT2D eigenvalue weighted by atomic mass is 32.2. The van der Waals surface area contributed by atoms with Crippen molar-refractivity contribution in [2.24, 2.45) is 16.0 Å². The average Bonchev–Trinajstić information content (AvgIpc) is 3.59. The number of rotatable bonds is 4. The Morgan fingerprint density at radius 3 is 2.60 bits per heavy atom. The molecule has 2 aromatic carbocycles. The zero-order valence-electron chi connectivity index (χ0n) is 20.8. The summed E-state index contributed by atoms with van der Waals surface area (Å²) in [4.78, 5) is 15.5. The molecule has 2 fully saturated rings. The summed E-state index contributed by atoms with van der Waals surface area (Å²) >= 11 is 0. The van der Waals surface area contributed by atoms with Crippen LogP contribution in [0.15, 0.2) is 51.7 Å². The third-order valence-corrected chi connectivity index (χ3v) is 9.98. The predicted octanol–water partition coefficient (Wildman–Crippen LogP) is 4.12. The monoisotopic (exact) mass is 490 g/mol. The fourth-order valence-electron chi connectivity index (χ4n) is 4.99. The van der Waals surface area contributed by atoms with Crippen molar-refractivity contribution >= 4 is 32.4 Å². The van der Waals surface area contributed by atoms with Crippen LogP contribution in [0.3, 0.4) is 0 Å². The lowest BCUT2D eigenvalue weighted by atomic mass is 9.82. The summed E-state index contributed by atoms with van der Waals surface area (Å²) in [6, 6.07) is 14.7. The van der Waals surface area contributed by atoms with Gasteiger partial charge in [0.15, 0.2) is 0 Å². The van der Waals surface area contributed by atoms with Gasteiger partial charge in [-0.1, -0.05) is 29.8 Å². The van der Waals surface area contributed by atoms with Crippen LogP contribution in [-0.2, 0) is 16.3 Å². The standard InChI is InChI=1S/C27H34N6OS/c1-18-8-11-23-22(14-18)25(33-16-20(17-33)27(2,3)28)30-26(29-23)32-12-13-35(34,31-21-9-10-21)24-7-5-4-6-19(24)15-32/h4-8,11,14,20-21H,9-10,12-13,15-17,28H2,1-3H3. The van der Waals surface area contributed by atoms with E-state index in [-0.39, 0.29) is 11.6 Å². The molecule has 1 atom stereocenters. The molecule has 0 radical (unpaired) electrons. The Balaban J connectivity index is 1.40. The SMILES string of the molecule is Cc1ccc2nc(N3CCS(=O)(=NC4CC4)c4ccccc4C3)nc(N3CC(C(C)(C)N)C3)c2c1. The Morgan fingerprint density at radius 2 is 1.86 bits per heavy atom. The number of fused-ring (bicyclic) bond motifs is 2. The maximum absolute atomic E-state index is 14.0. The highest BCUT2D eigenvalue weighted by Crippen LogP contribution is 2.36. The Morgan fingerprint density at radius 1 is 1.09 bits per heavy atom. The van der Waals surface area contributed by atoms with Crippen LogP contribution in [0, 0.1) is 12.8 Å². The number of aromatic nitrogens is 2. The van der Waals surface area contributed by atoms with Gasteiger partial charge in [-0.3, -0.25) is 0 Å². The molecule has 1 saturated carbocycles. The second-order valence-corrected chi connectivity index (χ2v) is 13.3. The smallest absolute Gasteiger partial charge is 0.228 e. The molecule has 8 heteroatoms. The molecule has 3 heterocycles. The number of benzene rings is 2. The molecule has 184 valence electrons. The Hall–Kier alpha value is -2.71. The van der Waals surface area contributed by atoms with Gasteiger partial charge in [0.1, 0.15) is 5.82 Å². The van der Waals surface area contributed by atoms with E-state index in [1.165, 1.54) is 5.56 Å². The number of nitrogens with two attached hydrogens (primary N) is 1. The Bertz CT molecular complexity index is 1410. The van der Waals surface area contributed by atoms with Gasteiger partial charge in [0.25, 0.3) is 0 Å². The van der Waals surface area contributed by atoms with Gasteiger partial charge in [-0.25, -0.2) is 13.6 Å². The zero-order chi connectivity index (χ0) is 24.4. The molecule has 1 aliphatic carbocycles. The normalized spacial score (nSPS) is 23.1. The molecule has 6 rings (SSSR count). The van der Waals surface area contributed by atoms with Gasteiger partial charge in [-0.2, -0.15) is 4.98 Å². The van der Waals surface area contributed by atoms with Crippen LogP contribution in [0.2, 0.25) is 0 Å². The Kier molecular flexibility index (Phi) is 5.30. The molecule has 7 nitrogen and oxygen atoms in total. The number of nitrogens with zero attached hydrogens (tertiary/aromatic N) is 5. The lowest BCUT2D eigenvalue weighted by Crippen LogP contribution is -2.59. The highest BCUT2D eigenvalue weighted by molar-refractivity contribution is 7.93. The highest BCUT2D eigenvalue weighted by Gasteiger charge is 2.38. The summed E-state index contributed by atoms with van der Waals surface area (Å²) in [6.45, 7) is 9.31. The van der Waals surface area contributed by atoms with Crippen LogP contribution in [-0.4, -0.2) is 51.1 Å². The van der Waals surface area contributed by atoms with Crippen molar-refractivity contribution in [1.29, 1.82) is 0 Å². The molecular weight excluding hydrogens is 456 g/mol. The fourth-order valence-corrected chi connectivity index (χ4v) is 7.43. The molecule has 0 bridgehead atoms. The van der Waals surface area contributed by atoms with Gasteiger partial charge in [0.2, 0.25) is 5.95 Å². The third kappa shape index (κ3) is 4.27. The summed E-state index contributed by atoms with van der Waals surface area (Å²) < 4.78 is 18.8. The van der Waals surface area contributed by atoms with Crippen molar-refractivity contribution in [3.05, 3.63) is 53.6 Å². The third-order valence-electron chi connectivity index (χ3n) is 7.52. The maximum Gasteiger partial charge on any atom is 0.228 e. The van der Waals surface area contributed by atoms with Gasteiger partial charge in [-0.05, 0) is 57.4 Å². The lowest BCUT2D eigenvalue weighted by molar-refractivity contribution is 0.261. The first-order chi connectivity index (χ1) is 16.7. The van der Waals surface area contributed by atoms with E-state index in [1.807, 2.05) is 18.2 Å². The molecule has 3 aromatic rings. The maximum atomic E-state index is 14.0. The number of anilines is 2. The minimum Gasteiger partial charge on any atom is -0.355 e. The first-order valence-corrected chi connectivity index (χ1v) is 14.3. The largest absolute Gasteiger partial charge is 0.355 e. The molecule has 0 amide bonds. The molecule has 35 heavy (non-hydrogen) atoms. The van der Waals surface area contributed by atoms with E-state index in [1.54, 1.807) is 0 Å². The quantitative estimate of drug-likeness (QED) is 0.592. The minimum atomic E-state index is -2.45. The molecular formula is C27H34N6OS. The van der Waals surface area contributed by atoms with Crippen molar-refractivity contribution in [1.82, 2.24) is 9.97 Å². The molecule has 1 unspecified atom stereocenters. The van der Waals surface area contributed by atoms with Gasteiger partial charge in [-0.15, -0.1) is 0 Å². The van der Waals surface area contributed by atoms with Crippen LogP contribution in [0.25, 0.3) is 10.9 Å². The summed E-state index contributed by atoms with van der Waals surface area (Å²) in [6.07, 6.45) is 2.10. The van der Waals surface area contributed by atoms with E-state index in [0.29, 0.717) is 30.7 Å². The molecule has 2 N–H and O–H groups in total. The molecule has 1 saturated heterocycles. The first kappa shape index (κ1) is 22.7. The molecule has 0 spiro atoms. The van der Waals surface area contributed by atoms with Crippen LogP contribution >= 0.6 is 0 Å². The summed E-state index contributed by atoms with van der Waals surface area (Å²) in [5.41, 5.74) is 9.36. The van der Waals surface area contributed by atoms with E-state index in [2.05, 4.69) is 54.8 Å². The number of aryl methyl sites for hydroxylation is 1. The number of hydrogen-bond donors (Lipinski definition) is 1. The van der Waals surface area contributed by atoms with E-state index in [4.69, 9.17) is 20.1 Å². The van der Waals surface area contributed by atoms with Crippen molar-refractivity contribution in [3.63, 3.8) is 0 Å². The lowest BCUT2D eigenvalue weighted by Gasteiger charge is -2.47. The van der Waals surface area contributed by atoms with Crippen molar-refractivity contribution in [2.45, 2.75) is 56.6 Å². The van der Waals surface area contributed by atoms with Gasteiger partial charge < -0.3 is 15.5 Å². The average molecular weight is 491 g/mol. The van der Waals surface area contributed by atoms with Crippen LogP contribution in [0.4, 0.5) is 11.8 Å². The van der Waals surface area contributed by atoms with Gasteiger partial charge in [0, 0.05) is 43.0 Å². The molecule has 1 aromatic heterocycles. The van der Waals surface area contributed by atoms with Crippen LogP contribution in [0.5, 0.6) is 0 Å². The second kappa shape index (κ2) is 8.17. The zero-order valence-corrected chi connectivity index (χ0v) is 21.6. The summed E-state index contributed by atoms with van der Waals surface area (Å²) in [5.74, 6) is 2.59. The van der Waals surface area contributed by atoms with Gasteiger partial charge >= 0.3 is 0 Å². The number of hydrogen-bond acceptors (Lipinski definition) is 7. The summed E-state index contributed by atoms with van der Waals surface area (Å²) in [5, 5.41) is 1.07. The molecule has 3 aliphatic rings. The van der Waals surface area contributed by atoms with Crippen LogP contribution in [0.1, 0.15) is 37.8 Å². The van der Waals surface area contributed by atoms with Crippen molar-refractivity contribution < 1.29 is 4.21 Å². The van der Waals surface area contributed by atoms with Gasteiger partial charge in [0.05, 0.1) is 31.9 Å². The predicted molar refractivity (Wildman–Crippen MR) is 142 cm³/mol. The second-order valence-electron chi connectivity index (χ2n) is 11.0. The van der Waals surface area contributed by atoms with E-state index >= 15 is 0 Å². The van der Waals surface area contributed by atoms with Crippen molar-refractivity contribution in [2.75, 3.05) is 35.2 Å². The van der Waals surface area contributed by atoms with E-state index in [9.17, 15) is 4.21 Å². The summed E-state index contributed by atoms with van der Waals surface area (Å²) in [7, 11) is -2.45. The molecule has 2 aliphatic heterocycles. The topological polar surface area (TPSA) is 87.7 Å². The minimum absolute atomic E-state index is 0.210. The first-order valence-electron chi connectivity index (χ1n) is 12.6. The Labute approximate surface area is 207 Å². The fraction of sp³-hybridized carbons (Fsp3) is 0.481. The van der Waals surface area contributed by atoms with Crippen molar-refractivity contribution in [3.8, 4) is 0 Å². The van der Waals surface area contributed by atoms with E-state index in [0.717, 1.165) is 53.1 Å².